The molecule has 2 heterocycles. The van der Waals surface area contributed by atoms with Crippen LogP contribution in [0.4, 0.5) is 0 Å². The maximum atomic E-state index is 6.32. The largest absolute Gasteiger partial charge is 0.371 e. The number of ether oxygens (including phenoxy) is 1. The molecule has 3 atom stereocenters. The van der Waals surface area contributed by atoms with Gasteiger partial charge in [0.1, 0.15) is 6.10 Å². The Hall–Kier alpha value is -1.76. The Morgan fingerprint density at radius 2 is 2.13 bits per heavy atom. The predicted molar refractivity (Wildman–Crippen MR) is 86.8 cm³/mol. The zero-order valence-electron chi connectivity index (χ0n) is 13.7. The summed E-state index contributed by atoms with van der Waals surface area (Å²) in [5, 5.41) is 4.00. The fourth-order valence-corrected chi connectivity index (χ4v) is 3.11. The summed E-state index contributed by atoms with van der Waals surface area (Å²) in [7, 11) is 0. The van der Waals surface area contributed by atoms with Crippen LogP contribution in [0.25, 0.3) is 0 Å². The van der Waals surface area contributed by atoms with Crippen molar-refractivity contribution in [1.82, 2.24) is 15.0 Å². The molecule has 0 bridgehead atoms. The summed E-state index contributed by atoms with van der Waals surface area (Å²) in [5.41, 5.74) is 7.61. The van der Waals surface area contributed by atoms with Crippen LogP contribution in [-0.2, 0) is 11.3 Å². The van der Waals surface area contributed by atoms with Crippen molar-refractivity contribution < 1.29 is 9.26 Å². The van der Waals surface area contributed by atoms with E-state index in [9.17, 15) is 0 Å². The molecule has 2 N–H and O–H groups in total. The summed E-state index contributed by atoms with van der Waals surface area (Å²) in [6, 6.07) is 10.6. The lowest BCUT2D eigenvalue weighted by molar-refractivity contribution is 0.0683. The zero-order chi connectivity index (χ0) is 16.2. The average Bonchev–Trinajstić information content (AvgIpc) is 3.16. The molecular weight excluding hydrogens is 292 g/mol. The highest BCUT2D eigenvalue weighted by atomic mass is 16.5. The number of hydrogen-bond donors (Lipinski definition) is 1. The van der Waals surface area contributed by atoms with Crippen molar-refractivity contribution in [2.45, 2.75) is 38.5 Å². The summed E-state index contributed by atoms with van der Waals surface area (Å²) in [6.07, 6.45) is -0.143. The van der Waals surface area contributed by atoms with E-state index in [0.717, 1.165) is 13.1 Å². The van der Waals surface area contributed by atoms with Gasteiger partial charge in [-0.25, -0.2) is 0 Å². The van der Waals surface area contributed by atoms with Gasteiger partial charge in [-0.2, -0.15) is 4.98 Å². The van der Waals surface area contributed by atoms with E-state index in [1.165, 1.54) is 5.56 Å². The Morgan fingerprint density at radius 1 is 1.35 bits per heavy atom. The van der Waals surface area contributed by atoms with Crippen molar-refractivity contribution in [1.29, 1.82) is 0 Å². The monoisotopic (exact) mass is 316 g/mol. The first-order chi connectivity index (χ1) is 11.2. The van der Waals surface area contributed by atoms with Crippen LogP contribution in [0.5, 0.6) is 0 Å². The van der Waals surface area contributed by atoms with Crippen LogP contribution in [0.2, 0.25) is 0 Å². The fraction of sp³-hybridized carbons (Fsp3) is 0.529. The molecule has 1 unspecified atom stereocenters. The summed E-state index contributed by atoms with van der Waals surface area (Å²) in [5.74, 6) is 1.57. The second-order valence-electron chi connectivity index (χ2n) is 6.02. The summed E-state index contributed by atoms with van der Waals surface area (Å²) >= 11 is 0. The molecule has 124 valence electrons. The molecule has 0 radical (unpaired) electrons. The second kappa shape index (κ2) is 7.21. The lowest BCUT2D eigenvalue weighted by Gasteiger charge is -2.14. The maximum Gasteiger partial charge on any atom is 0.240 e. The minimum Gasteiger partial charge on any atom is -0.371 e. The predicted octanol–water partition coefficient (Wildman–Crippen LogP) is 2.09. The molecule has 2 aromatic rings. The molecule has 1 aliphatic heterocycles. The van der Waals surface area contributed by atoms with E-state index in [2.05, 4.69) is 39.3 Å². The minimum atomic E-state index is -0.143. The van der Waals surface area contributed by atoms with E-state index in [1.807, 2.05) is 19.9 Å². The number of benzene rings is 1. The molecule has 6 heteroatoms. The first-order valence-corrected chi connectivity index (χ1v) is 8.14. The summed E-state index contributed by atoms with van der Waals surface area (Å²) in [4.78, 5) is 6.70. The van der Waals surface area contributed by atoms with Gasteiger partial charge in [0.15, 0.2) is 5.82 Å². The molecule has 0 saturated carbocycles. The molecule has 0 spiro atoms. The van der Waals surface area contributed by atoms with E-state index < -0.39 is 0 Å². The van der Waals surface area contributed by atoms with Crippen molar-refractivity contribution in [3.8, 4) is 0 Å². The van der Waals surface area contributed by atoms with Gasteiger partial charge in [-0.1, -0.05) is 35.5 Å². The van der Waals surface area contributed by atoms with E-state index in [0.29, 0.717) is 30.8 Å². The SMILES string of the molecule is CCOC(C)c1noc(CN2C[C@@H](N)[C@H](c3ccccc3)C2)n1. The van der Waals surface area contributed by atoms with Gasteiger partial charge in [-0.3, -0.25) is 4.90 Å². The van der Waals surface area contributed by atoms with Gasteiger partial charge in [0, 0.05) is 31.7 Å². The first kappa shape index (κ1) is 16.1. The minimum absolute atomic E-state index is 0.127. The molecule has 1 aliphatic rings. The van der Waals surface area contributed by atoms with Crippen LogP contribution in [-0.4, -0.2) is 40.8 Å². The van der Waals surface area contributed by atoms with Crippen LogP contribution in [0, 0.1) is 0 Å². The lowest BCUT2D eigenvalue weighted by atomic mass is 9.95. The van der Waals surface area contributed by atoms with E-state index in [4.69, 9.17) is 15.0 Å². The van der Waals surface area contributed by atoms with Crippen LogP contribution < -0.4 is 5.73 Å². The number of hydrogen-bond acceptors (Lipinski definition) is 6. The molecule has 6 nitrogen and oxygen atoms in total. The highest BCUT2D eigenvalue weighted by Gasteiger charge is 2.32. The molecule has 1 fully saturated rings. The number of rotatable bonds is 6. The third kappa shape index (κ3) is 3.77. The number of nitrogens with two attached hydrogens (primary N) is 1. The van der Waals surface area contributed by atoms with E-state index in [1.54, 1.807) is 0 Å². The standard InChI is InChI=1S/C17H24N4O2/c1-3-22-12(2)17-19-16(23-20-17)11-21-9-14(15(18)10-21)13-7-5-4-6-8-13/h4-8,12,14-15H,3,9-11,18H2,1-2H3/t12?,14-,15+/m0/s1. The summed E-state index contributed by atoms with van der Waals surface area (Å²) in [6.45, 7) is 6.87. The van der Waals surface area contributed by atoms with Crippen LogP contribution in [0.15, 0.2) is 34.9 Å². The van der Waals surface area contributed by atoms with Gasteiger partial charge in [-0.15, -0.1) is 0 Å². The van der Waals surface area contributed by atoms with E-state index in [-0.39, 0.29) is 12.1 Å². The fourth-order valence-electron chi connectivity index (χ4n) is 3.11. The smallest absolute Gasteiger partial charge is 0.240 e. The molecule has 3 rings (SSSR count). The second-order valence-corrected chi connectivity index (χ2v) is 6.02. The molecule has 1 aromatic carbocycles. The molecule has 1 saturated heterocycles. The van der Waals surface area contributed by atoms with Gasteiger partial charge < -0.3 is 15.0 Å². The average molecular weight is 316 g/mol. The Labute approximate surface area is 136 Å². The van der Waals surface area contributed by atoms with Crippen molar-refractivity contribution in [2.24, 2.45) is 5.73 Å². The maximum absolute atomic E-state index is 6.32. The van der Waals surface area contributed by atoms with Crippen LogP contribution >= 0.6 is 0 Å². The number of likely N-dealkylation sites (tertiary alicyclic amines) is 1. The highest BCUT2D eigenvalue weighted by molar-refractivity contribution is 5.23. The third-order valence-electron chi connectivity index (χ3n) is 4.29. The Morgan fingerprint density at radius 3 is 2.87 bits per heavy atom. The van der Waals surface area contributed by atoms with Crippen LogP contribution in [0.3, 0.4) is 0 Å². The van der Waals surface area contributed by atoms with Gasteiger partial charge in [-0.05, 0) is 19.4 Å². The lowest BCUT2D eigenvalue weighted by Crippen LogP contribution is -2.28. The Balaban J connectivity index is 1.61. The van der Waals surface area contributed by atoms with Crippen molar-refractivity contribution >= 4 is 0 Å². The van der Waals surface area contributed by atoms with Gasteiger partial charge in [0.25, 0.3) is 0 Å². The Bertz CT molecular complexity index is 616. The first-order valence-electron chi connectivity index (χ1n) is 8.14. The highest BCUT2D eigenvalue weighted by Crippen LogP contribution is 2.27. The third-order valence-corrected chi connectivity index (χ3v) is 4.29. The topological polar surface area (TPSA) is 77.4 Å². The van der Waals surface area contributed by atoms with Crippen molar-refractivity contribution in [2.75, 3.05) is 19.7 Å². The van der Waals surface area contributed by atoms with Gasteiger partial charge in [0.05, 0.1) is 6.54 Å². The van der Waals surface area contributed by atoms with E-state index >= 15 is 0 Å². The molecule has 23 heavy (non-hydrogen) atoms. The normalized spacial score (nSPS) is 23.3. The molecule has 0 amide bonds. The molecule has 0 aliphatic carbocycles. The quantitative estimate of drug-likeness (QED) is 0.879. The Kier molecular flexibility index (Phi) is 5.05. The van der Waals surface area contributed by atoms with Crippen molar-refractivity contribution in [3.63, 3.8) is 0 Å². The summed E-state index contributed by atoms with van der Waals surface area (Å²) < 4.78 is 10.8. The number of aromatic nitrogens is 2. The zero-order valence-corrected chi connectivity index (χ0v) is 13.7. The van der Waals surface area contributed by atoms with Gasteiger partial charge in [0.2, 0.25) is 5.89 Å². The van der Waals surface area contributed by atoms with Crippen molar-refractivity contribution in [3.05, 3.63) is 47.6 Å². The van der Waals surface area contributed by atoms with Gasteiger partial charge >= 0.3 is 0 Å². The molecular formula is C17H24N4O2. The van der Waals surface area contributed by atoms with Crippen LogP contribution in [0.1, 0.15) is 43.1 Å². The number of nitrogens with zero attached hydrogens (tertiary/aromatic N) is 3. The molecule has 1 aromatic heterocycles.